The first kappa shape index (κ1) is 15.8. The molecule has 7 heteroatoms. The van der Waals surface area contributed by atoms with Crippen LogP contribution in [0.3, 0.4) is 0 Å². The summed E-state index contributed by atoms with van der Waals surface area (Å²) in [5, 5.41) is 3.35. The summed E-state index contributed by atoms with van der Waals surface area (Å²) in [5.41, 5.74) is 0.904. The lowest BCUT2D eigenvalue weighted by Gasteiger charge is -2.11. The van der Waals surface area contributed by atoms with Gasteiger partial charge in [-0.1, -0.05) is 23.9 Å². The lowest BCUT2D eigenvalue weighted by atomic mass is 10.2. The van der Waals surface area contributed by atoms with Crippen LogP contribution < -0.4 is 10.1 Å². The maximum absolute atomic E-state index is 12.4. The van der Waals surface area contributed by atoms with E-state index in [1.807, 2.05) is 31.4 Å². The van der Waals surface area contributed by atoms with Gasteiger partial charge in [0, 0.05) is 6.20 Å². The van der Waals surface area contributed by atoms with Gasteiger partial charge >= 0.3 is 0 Å². The number of aromatic nitrogens is 2. The second-order valence-electron chi connectivity index (χ2n) is 3.94. The Balaban J connectivity index is 2.26. The molecule has 0 aliphatic carbocycles. The van der Waals surface area contributed by atoms with Gasteiger partial charge in [-0.05, 0) is 41.2 Å². The summed E-state index contributed by atoms with van der Waals surface area (Å²) < 4.78 is 6.03. The van der Waals surface area contributed by atoms with Crippen LogP contribution in [0.1, 0.15) is 17.4 Å². The highest BCUT2D eigenvalue weighted by molar-refractivity contribution is 9.10. The molecule has 0 radical (unpaired) electrons. The Morgan fingerprint density at radius 2 is 2.19 bits per heavy atom. The van der Waals surface area contributed by atoms with E-state index in [0.29, 0.717) is 33.4 Å². The number of para-hydroxylation sites is 2. The predicted octanol–water partition coefficient (Wildman–Crippen LogP) is 3.61. The molecule has 0 aliphatic heterocycles. The summed E-state index contributed by atoms with van der Waals surface area (Å²) >= 11 is 4.68. The van der Waals surface area contributed by atoms with E-state index in [-0.39, 0.29) is 5.91 Å². The molecule has 0 atom stereocenters. The quantitative estimate of drug-likeness (QED) is 0.645. The Morgan fingerprint density at radius 3 is 2.90 bits per heavy atom. The SMILES string of the molecule is CCOc1ccccc1NC(=O)c1nc(SC)ncc1Br. The minimum absolute atomic E-state index is 0.292. The van der Waals surface area contributed by atoms with Crippen LogP contribution in [0.2, 0.25) is 0 Å². The highest BCUT2D eigenvalue weighted by Gasteiger charge is 2.15. The van der Waals surface area contributed by atoms with Crippen molar-refractivity contribution in [2.24, 2.45) is 0 Å². The Morgan fingerprint density at radius 1 is 1.43 bits per heavy atom. The third-order valence-corrected chi connectivity index (χ3v) is 3.70. The first-order valence-corrected chi connectivity index (χ1v) is 8.27. The van der Waals surface area contributed by atoms with E-state index in [2.05, 4.69) is 31.2 Å². The molecule has 1 aromatic carbocycles. The van der Waals surface area contributed by atoms with Crippen molar-refractivity contribution >= 4 is 39.3 Å². The number of hydrogen-bond donors (Lipinski definition) is 1. The number of thioether (sulfide) groups is 1. The van der Waals surface area contributed by atoms with Gasteiger partial charge in [0.1, 0.15) is 11.4 Å². The van der Waals surface area contributed by atoms with Gasteiger partial charge in [0.25, 0.3) is 5.91 Å². The van der Waals surface area contributed by atoms with E-state index in [1.165, 1.54) is 11.8 Å². The standard InChI is InChI=1S/C14H14BrN3O2S/c1-3-20-11-7-5-4-6-10(11)17-13(19)12-9(15)8-16-14(18-12)21-2/h4-8H,3H2,1-2H3,(H,17,19). The zero-order chi connectivity index (χ0) is 15.2. The molecule has 2 rings (SSSR count). The van der Waals surface area contributed by atoms with Gasteiger partial charge in [-0.3, -0.25) is 4.79 Å². The maximum atomic E-state index is 12.4. The fraction of sp³-hybridized carbons (Fsp3) is 0.214. The molecule has 0 aliphatic rings. The third-order valence-electron chi connectivity index (χ3n) is 2.55. The van der Waals surface area contributed by atoms with Crippen LogP contribution in [0, 0.1) is 0 Å². The van der Waals surface area contributed by atoms with Crippen LogP contribution >= 0.6 is 27.7 Å². The normalized spacial score (nSPS) is 10.2. The van der Waals surface area contributed by atoms with E-state index in [4.69, 9.17) is 4.74 Å². The van der Waals surface area contributed by atoms with Crippen molar-refractivity contribution in [1.82, 2.24) is 9.97 Å². The second kappa shape index (κ2) is 7.42. The van der Waals surface area contributed by atoms with Crippen molar-refractivity contribution in [3.8, 4) is 5.75 Å². The smallest absolute Gasteiger partial charge is 0.275 e. The summed E-state index contributed by atoms with van der Waals surface area (Å²) in [6.45, 7) is 2.42. The van der Waals surface area contributed by atoms with E-state index in [1.54, 1.807) is 12.3 Å². The largest absolute Gasteiger partial charge is 0.492 e. The molecule has 5 nitrogen and oxygen atoms in total. The van der Waals surface area contributed by atoms with Crippen LogP contribution in [-0.2, 0) is 0 Å². The van der Waals surface area contributed by atoms with E-state index < -0.39 is 0 Å². The molecule has 0 unspecified atom stereocenters. The van der Waals surface area contributed by atoms with E-state index in [0.717, 1.165) is 0 Å². The number of nitrogens with zero attached hydrogens (tertiary/aromatic N) is 2. The van der Waals surface area contributed by atoms with Crippen molar-refractivity contribution < 1.29 is 9.53 Å². The summed E-state index contributed by atoms with van der Waals surface area (Å²) in [6, 6.07) is 7.28. The van der Waals surface area contributed by atoms with Crippen LogP contribution in [-0.4, -0.2) is 28.7 Å². The van der Waals surface area contributed by atoms with Crippen LogP contribution in [0.15, 0.2) is 40.1 Å². The average Bonchev–Trinajstić information content (AvgIpc) is 2.50. The molecule has 0 saturated heterocycles. The predicted molar refractivity (Wildman–Crippen MR) is 87.1 cm³/mol. The Kier molecular flexibility index (Phi) is 5.58. The first-order valence-electron chi connectivity index (χ1n) is 6.25. The van der Waals surface area contributed by atoms with Crippen LogP contribution in [0.25, 0.3) is 0 Å². The lowest BCUT2D eigenvalue weighted by Crippen LogP contribution is -2.16. The lowest BCUT2D eigenvalue weighted by molar-refractivity contribution is 0.102. The van der Waals surface area contributed by atoms with Gasteiger partial charge < -0.3 is 10.1 Å². The summed E-state index contributed by atoms with van der Waals surface area (Å²) in [7, 11) is 0. The molecule has 21 heavy (non-hydrogen) atoms. The highest BCUT2D eigenvalue weighted by Crippen LogP contribution is 2.25. The van der Waals surface area contributed by atoms with Crippen LogP contribution in [0.5, 0.6) is 5.75 Å². The van der Waals surface area contributed by atoms with Gasteiger partial charge in [0.15, 0.2) is 5.16 Å². The van der Waals surface area contributed by atoms with Gasteiger partial charge in [0.2, 0.25) is 0 Å². The number of anilines is 1. The molecule has 2 aromatic rings. The second-order valence-corrected chi connectivity index (χ2v) is 5.56. The van der Waals surface area contributed by atoms with Crippen molar-refractivity contribution in [3.05, 3.63) is 40.6 Å². The molecule has 1 amide bonds. The van der Waals surface area contributed by atoms with Crippen molar-refractivity contribution in [3.63, 3.8) is 0 Å². The molecular weight excluding hydrogens is 354 g/mol. The van der Waals surface area contributed by atoms with Gasteiger partial charge in [-0.15, -0.1) is 0 Å². The molecule has 0 saturated carbocycles. The topological polar surface area (TPSA) is 64.1 Å². The minimum Gasteiger partial charge on any atom is -0.492 e. The summed E-state index contributed by atoms with van der Waals surface area (Å²) in [6.07, 6.45) is 3.43. The number of ether oxygens (including phenoxy) is 1. The number of amides is 1. The van der Waals surface area contributed by atoms with Gasteiger partial charge in [-0.2, -0.15) is 0 Å². The molecule has 1 heterocycles. The Labute approximate surface area is 135 Å². The number of benzene rings is 1. The highest BCUT2D eigenvalue weighted by atomic mass is 79.9. The van der Waals surface area contributed by atoms with Crippen molar-refractivity contribution in [2.45, 2.75) is 12.1 Å². The molecule has 0 bridgehead atoms. The molecule has 1 N–H and O–H groups in total. The number of carbonyl (C=O) groups excluding carboxylic acids is 1. The number of halogens is 1. The molecule has 0 fully saturated rings. The minimum atomic E-state index is -0.313. The van der Waals surface area contributed by atoms with Gasteiger partial charge in [0.05, 0.1) is 16.8 Å². The van der Waals surface area contributed by atoms with E-state index >= 15 is 0 Å². The molecular formula is C14H14BrN3O2S. The van der Waals surface area contributed by atoms with Crippen molar-refractivity contribution in [2.75, 3.05) is 18.2 Å². The van der Waals surface area contributed by atoms with Crippen molar-refractivity contribution in [1.29, 1.82) is 0 Å². The van der Waals surface area contributed by atoms with Gasteiger partial charge in [-0.25, -0.2) is 9.97 Å². The summed E-state index contributed by atoms with van der Waals surface area (Å²) in [4.78, 5) is 20.7. The zero-order valence-electron chi connectivity index (χ0n) is 11.6. The zero-order valence-corrected chi connectivity index (χ0v) is 14.0. The monoisotopic (exact) mass is 367 g/mol. The first-order chi connectivity index (χ1) is 10.2. The fourth-order valence-electron chi connectivity index (χ4n) is 1.64. The molecule has 1 aromatic heterocycles. The number of rotatable bonds is 5. The fourth-order valence-corrected chi connectivity index (χ4v) is 2.35. The maximum Gasteiger partial charge on any atom is 0.275 e. The molecule has 110 valence electrons. The number of nitrogens with one attached hydrogen (secondary N) is 1. The molecule has 0 spiro atoms. The Bertz CT molecular complexity index is 652. The number of hydrogen-bond acceptors (Lipinski definition) is 5. The number of carbonyl (C=O) groups is 1. The Hall–Kier alpha value is -1.60. The van der Waals surface area contributed by atoms with Crippen LogP contribution in [0.4, 0.5) is 5.69 Å². The van der Waals surface area contributed by atoms with E-state index in [9.17, 15) is 4.79 Å². The summed E-state index contributed by atoms with van der Waals surface area (Å²) in [5.74, 6) is 0.315. The third kappa shape index (κ3) is 3.95. The average molecular weight is 368 g/mol.